The van der Waals surface area contributed by atoms with Crippen LogP contribution in [0, 0.1) is 5.41 Å². The Morgan fingerprint density at radius 2 is 2.11 bits per heavy atom. The average Bonchev–Trinajstić information content (AvgIpc) is 2.33. The summed E-state index contributed by atoms with van der Waals surface area (Å²) in [4.78, 5) is 8.34. The number of hydrogen-bond donors (Lipinski definition) is 1. The Balaban J connectivity index is 2.00. The molecule has 1 aliphatic rings. The van der Waals surface area contributed by atoms with E-state index in [-0.39, 0.29) is 11.5 Å². The maximum Gasteiger partial charge on any atom is 0.218 e. The molecule has 1 fully saturated rings. The first-order valence-electron chi connectivity index (χ1n) is 6.71. The van der Waals surface area contributed by atoms with E-state index < -0.39 is 0 Å². The van der Waals surface area contributed by atoms with Gasteiger partial charge in [-0.15, -0.1) is 0 Å². The van der Waals surface area contributed by atoms with Crippen LogP contribution in [0.5, 0.6) is 5.88 Å². The fourth-order valence-electron chi connectivity index (χ4n) is 2.43. The minimum Gasteiger partial charge on any atom is -0.475 e. The van der Waals surface area contributed by atoms with Crippen LogP contribution in [0.25, 0.3) is 0 Å². The molecule has 0 spiro atoms. The largest absolute Gasteiger partial charge is 0.475 e. The van der Waals surface area contributed by atoms with Crippen molar-refractivity contribution in [2.45, 2.75) is 52.4 Å². The number of rotatable bonds is 5. The van der Waals surface area contributed by atoms with Crippen LogP contribution in [-0.2, 0) is 4.74 Å². The zero-order chi connectivity index (χ0) is 14.0. The Hall–Kier alpha value is -1.36. The van der Waals surface area contributed by atoms with Gasteiger partial charge in [-0.05, 0) is 20.3 Å². The van der Waals surface area contributed by atoms with E-state index in [1.165, 1.54) is 6.33 Å². The third-order valence-electron chi connectivity index (χ3n) is 3.78. The molecular weight excluding hydrogens is 242 g/mol. The molecule has 5 nitrogen and oxygen atoms in total. The van der Waals surface area contributed by atoms with E-state index in [2.05, 4.69) is 29.1 Å². The highest BCUT2D eigenvalue weighted by molar-refractivity contribution is 5.40. The highest BCUT2D eigenvalue weighted by Crippen LogP contribution is 2.43. The Morgan fingerprint density at radius 3 is 2.68 bits per heavy atom. The van der Waals surface area contributed by atoms with Crippen LogP contribution in [0.4, 0.5) is 5.82 Å². The van der Waals surface area contributed by atoms with Crippen molar-refractivity contribution in [1.82, 2.24) is 9.97 Å². The van der Waals surface area contributed by atoms with Crippen molar-refractivity contribution in [3.63, 3.8) is 0 Å². The molecule has 0 bridgehead atoms. The van der Waals surface area contributed by atoms with E-state index in [1.54, 1.807) is 7.11 Å². The van der Waals surface area contributed by atoms with Crippen molar-refractivity contribution in [2.75, 3.05) is 12.4 Å². The predicted molar refractivity (Wildman–Crippen MR) is 74.4 cm³/mol. The Kier molecular flexibility index (Phi) is 3.94. The van der Waals surface area contributed by atoms with Crippen LogP contribution in [0.1, 0.15) is 34.1 Å². The molecule has 19 heavy (non-hydrogen) atoms. The molecule has 1 aromatic heterocycles. The van der Waals surface area contributed by atoms with Crippen LogP contribution in [-0.4, -0.2) is 35.3 Å². The second kappa shape index (κ2) is 5.33. The molecule has 1 aromatic rings. The Labute approximate surface area is 114 Å². The summed E-state index contributed by atoms with van der Waals surface area (Å²) in [6.45, 7) is 8.37. The van der Waals surface area contributed by atoms with Gasteiger partial charge >= 0.3 is 0 Å². The second-order valence-electron chi connectivity index (χ2n) is 5.89. The predicted octanol–water partition coefficient (Wildman–Crippen LogP) is 2.49. The van der Waals surface area contributed by atoms with E-state index in [4.69, 9.17) is 9.47 Å². The standard InChI is InChI=1S/C14H23N3O2/c1-9(2)19-13-7-12(15-8-16-13)17-10-6-11(18-5)14(10,3)4/h7-11H,6H2,1-5H3,(H,15,16,17). The van der Waals surface area contributed by atoms with Crippen LogP contribution in [0.15, 0.2) is 12.4 Å². The van der Waals surface area contributed by atoms with Gasteiger partial charge in [0, 0.05) is 24.6 Å². The Morgan fingerprint density at radius 1 is 1.37 bits per heavy atom. The molecule has 2 rings (SSSR count). The summed E-state index contributed by atoms with van der Waals surface area (Å²) in [7, 11) is 1.77. The summed E-state index contributed by atoms with van der Waals surface area (Å²) in [5.41, 5.74) is 0.110. The highest BCUT2D eigenvalue weighted by atomic mass is 16.5. The third-order valence-corrected chi connectivity index (χ3v) is 3.78. The number of anilines is 1. The van der Waals surface area contributed by atoms with Crippen molar-refractivity contribution >= 4 is 5.82 Å². The van der Waals surface area contributed by atoms with Gasteiger partial charge in [0.15, 0.2) is 0 Å². The number of nitrogens with one attached hydrogen (secondary N) is 1. The molecule has 2 unspecified atom stereocenters. The molecule has 0 aliphatic heterocycles. The fourth-order valence-corrected chi connectivity index (χ4v) is 2.43. The number of aromatic nitrogens is 2. The number of hydrogen-bond acceptors (Lipinski definition) is 5. The van der Waals surface area contributed by atoms with Gasteiger partial charge in [0.2, 0.25) is 5.88 Å². The summed E-state index contributed by atoms with van der Waals surface area (Å²) in [6.07, 6.45) is 2.94. The molecule has 0 aromatic carbocycles. The molecule has 1 saturated carbocycles. The first-order chi connectivity index (χ1) is 8.93. The zero-order valence-electron chi connectivity index (χ0n) is 12.3. The van der Waals surface area contributed by atoms with Gasteiger partial charge in [-0.2, -0.15) is 0 Å². The van der Waals surface area contributed by atoms with E-state index in [0.29, 0.717) is 18.0 Å². The topological polar surface area (TPSA) is 56.3 Å². The van der Waals surface area contributed by atoms with Gasteiger partial charge in [0.05, 0.1) is 12.2 Å². The third kappa shape index (κ3) is 2.97. The Bertz CT molecular complexity index is 434. The lowest BCUT2D eigenvalue weighted by molar-refractivity contribution is -0.0795. The lowest BCUT2D eigenvalue weighted by atomic mass is 9.64. The summed E-state index contributed by atoms with van der Waals surface area (Å²) in [5.74, 6) is 1.41. The monoisotopic (exact) mass is 265 g/mol. The van der Waals surface area contributed by atoms with Crippen molar-refractivity contribution in [1.29, 1.82) is 0 Å². The smallest absolute Gasteiger partial charge is 0.218 e. The summed E-state index contributed by atoms with van der Waals surface area (Å²) in [6, 6.07) is 2.20. The van der Waals surface area contributed by atoms with Crippen LogP contribution >= 0.6 is 0 Å². The molecule has 106 valence electrons. The minimum atomic E-state index is 0.110. The lowest BCUT2D eigenvalue weighted by Crippen LogP contribution is -2.57. The zero-order valence-corrected chi connectivity index (χ0v) is 12.3. The van der Waals surface area contributed by atoms with Crippen LogP contribution in [0.2, 0.25) is 0 Å². The molecular formula is C14H23N3O2. The van der Waals surface area contributed by atoms with Crippen LogP contribution < -0.4 is 10.1 Å². The molecule has 0 radical (unpaired) electrons. The number of methoxy groups -OCH3 is 1. The van der Waals surface area contributed by atoms with E-state index in [0.717, 1.165) is 12.2 Å². The molecule has 1 N–H and O–H groups in total. The van der Waals surface area contributed by atoms with E-state index in [9.17, 15) is 0 Å². The maximum atomic E-state index is 5.57. The summed E-state index contributed by atoms with van der Waals surface area (Å²) >= 11 is 0. The normalized spacial score (nSPS) is 24.9. The van der Waals surface area contributed by atoms with Crippen LogP contribution in [0.3, 0.4) is 0 Å². The quantitative estimate of drug-likeness (QED) is 0.886. The van der Waals surface area contributed by atoms with Gasteiger partial charge in [-0.25, -0.2) is 9.97 Å². The first-order valence-corrected chi connectivity index (χ1v) is 6.71. The number of nitrogens with zero attached hydrogens (tertiary/aromatic N) is 2. The summed E-state index contributed by atoms with van der Waals surface area (Å²) in [5, 5.41) is 3.44. The molecule has 1 aliphatic carbocycles. The molecule has 1 heterocycles. The van der Waals surface area contributed by atoms with Crippen molar-refractivity contribution in [2.24, 2.45) is 5.41 Å². The molecule has 0 amide bonds. The van der Waals surface area contributed by atoms with Gasteiger partial charge < -0.3 is 14.8 Å². The SMILES string of the molecule is COC1CC(Nc2cc(OC(C)C)ncn2)C1(C)C. The van der Waals surface area contributed by atoms with Crippen molar-refractivity contribution in [3.8, 4) is 5.88 Å². The lowest BCUT2D eigenvalue weighted by Gasteiger charge is -2.51. The number of ether oxygens (including phenoxy) is 2. The average molecular weight is 265 g/mol. The van der Waals surface area contributed by atoms with Crippen molar-refractivity contribution in [3.05, 3.63) is 12.4 Å². The van der Waals surface area contributed by atoms with Gasteiger partial charge in [0.1, 0.15) is 12.1 Å². The first kappa shape index (κ1) is 14.1. The molecule has 2 atom stereocenters. The van der Waals surface area contributed by atoms with Crippen molar-refractivity contribution < 1.29 is 9.47 Å². The van der Waals surface area contributed by atoms with Gasteiger partial charge in [-0.1, -0.05) is 13.8 Å². The maximum absolute atomic E-state index is 5.57. The minimum absolute atomic E-state index is 0.110. The molecule has 5 heteroatoms. The fraction of sp³-hybridized carbons (Fsp3) is 0.714. The van der Waals surface area contributed by atoms with Gasteiger partial charge in [0.25, 0.3) is 0 Å². The van der Waals surface area contributed by atoms with Gasteiger partial charge in [-0.3, -0.25) is 0 Å². The molecule has 0 saturated heterocycles. The second-order valence-corrected chi connectivity index (χ2v) is 5.89. The van der Waals surface area contributed by atoms with E-state index >= 15 is 0 Å². The highest BCUT2D eigenvalue weighted by Gasteiger charge is 2.48. The van der Waals surface area contributed by atoms with E-state index in [1.807, 2.05) is 19.9 Å². The summed E-state index contributed by atoms with van der Waals surface area (Å²) < 4.78 is 11.0.